The molecule has 0 aliphatic carbocycles. The van der Waals surface area contributed by atoms with Crippen LogP contribution in [-0.2, 0) is 11.3 Å². The van der Waals surface area contributed by atoms with Crippen molar-refractivity contribution in [2.45, 2.75) is 19.5 Å². The van der Waals surface area contributed by atoms with Gasteiger partial charge in [0.1, 0.15) is 17.4 Å². The number of halogens is 2. The molecule has 0 saturated heterocycles. The number of methoxy groups -OCH3 is 1. The molecule has 2 aromatic rings. The topological polar surface area (TPSA) is 50.4 Å². The number of hydrogen-bond donors (Lipinski definition) is 2. The highest BCUT2D eigenvalue weighted by Gasteiger charge is 2.12. The Morgan fingerprint density at radius 3 is 2.50 bits per heavy atom. The van der Waals surface area contributed by atoms with Crippen molar-refractivity contribution < 1.29 is 18.3 Å². The molecule has 0 saturated carbocycles. The molecule has 0 bridgehead atoms. The number of ether oxygens (including phenoxy) is 1. The van der Waals surface area contributed by atoms with Crippen molar-refractivity contribution >= 4 is 5.91 Å². The Labute approximate surface area is 139 Å². The van der Waals surface area contributed by atoms with Crippen molar-refractivity contribution in [1.29, 1.82) is 0 Å². The first-order valence-corrected chi connectivity index (χ1v) is 7.57. The number of benzene rings is 2. The third-order valence-corrected chi connectivity index (χ3v) is 3.65. The molecule has 2 N–H and O–H groups in total. The number of nitrogens with one attached hydrogen (secondary N) is 2. The first-order valence-electron chi connectivity index (χ1n) is 7.57. The smallest absolute Gasteiger partial charge is 0.234 e. The van der Waals surface area contributed by atoms with Crippen molar-refractivity contribution in [2.75, 3.05) is 13.7 Å². The van der Waals surface area contributed by atoms with E-state index < -0.39 is 17.7 Å². The summed E-state index contributed by atoms with van der Waals surface area (Å²) in [5.41, 5.74) is 1.26. The van der Waals surface area contributed by atoms with Gasteiger partial charge in [-0.15, -0.1) is 0 Å². The van der Waals surface area contributed by atoms with Gasteiger partial charge >= 0.3 is 0 Å². The number of carbonyl (C=O) groups is 1. The lowest BCUT2D eigenvalue weighted by Gasteiger charge is -2.15. The van der Waals surface area contributed by atoms with Crippen LogP contribution in [0, 0.1) is 11.6 Å². The number of carbonyl (C=O) groups excluding carboxylic acids is 1. The maximum atomic E-state index is 13.7. The van der Waals surface area contributed by atoms with Crippen molar-refractivity contribution in [3.63, 3.8) is 0 Å². The summed E-state index contributed by atoms with van der Waals surface area (Å²) in [6, 6.07) is 10.4. The van der Waals surface area contributed by atoms with E-state index in [9.17, 15) is 13.6 Å². The maximum absolute atomic E-state index is 13.7. The molecular weight excluding hydrogens is 314 g/mol. The van der Waals surface area contributed by atoms with Crippen molar-refractivity contribution in [1.82, 2.24) is 10.6 Å². The Kier molecular flexibility index (Phi) is 6.26. The van der Waals surface area contributed by atoms with E-state index in [2.05, 4.69) is 10.6 Å². The van der Waals surface area contributed by atoms with Crippen molar-refractivity contribution in [3.8, 4) is 5.75 Å². The van der Waals surface area contributed by atoms with Crippen molar-refractivity contribution in [3.05, 3.63) is 65.2 Å². The largest absolute Gasteiger partial charge is 0.497 e. The van der Waals surface area contributed by atoms with Gasteiger partial charge in [0, 0.05) is 24.2 Å². The summed E-state index contributed by atoms with van der Waals surface area (Å²) < 4.78 is 31.6. The Bertz CT molecular complexity index is 690. The minimum atomic E-state index is -0.631. The fraction of sp³-hybridized carbons (Fsp3) is 0.278. The highest BCUT2D eigenvalue weighted by Crippen LogP contribution is 2.17. The van der Waals surface area contributed by atoms with Crippen LogP contribution in [-0.4, -0.2) is 19.6 Å². The van der Waals surface area contributed by atoms with Crippen LogP contribution in [0.15, 0.2) is 42.5 Å². The summed E-state index contributed by atoms with van der Waals surface area (Å²) in [5, 5.41) is 5.69. The predicted molar refractivity (Wildman–Crippen MR) is 87.6 cm³/mol. The standard InChI is InChI=1S/C18H20F2N2O2/c1-12(16-8-5-14(19)9-17(16)20)21-11-18(23)22-10-13-3-6-15(24-2)7-4-13/h3-9,12,21H,10-11H2,1-2H3,(H,22,23). The number of rotatable bonds is 7. The third-order valence-electron chi connectivity index (χ3n) is 3.65. The molecule has 0 spiro atoms. The molecule has 6 heteroatoms. The van der Waals surface area contributed by atoms with Gasteiger partial charge in [-0.1, -0.05) is 18.2 Å². The van der Waals surface area contributed by atoms with Gasteiger partial charge in [0.25, 0.3) is 0 Å². The minimum absolute atomic E-state index is 0.0359. The second kappa shape index (κ2) is 8.40. The van der Waals surface area contributed by atoms with Gasteiger partial charge in [0.05, 0.1) is 13.7 Å². The molecule has 0 aliphatic heterocycles. The van der Waals surface area contributed by atoms with E-state index in [0.717, 1.165) is 17.4 Å². The van der Waals surface area contributed by atoms with E-state index in [1.807, 2.05) is 24.3 Å². The van der Waals surface area contributed by atoms with Crippen LogP contribution in [0.5, 0.6) is 5.75 Å². The molecule has 0 aromatic heterocycles. The van der Waals surface area contributed by atoms with E-state index >= 15 is 0 Å². The van der Waals surface area contributed by atoms with Crippen LogP contribution >= 0.6 is 0 Å². The summed E-state index contributed by atoms with van der Waals surface area (Å²) in [4.78, 5) is 11.9. The molecule has 0 fully saturated rings. The lowest BCUT2D eigenvalue weighted by atomic mass is 10.1. The second-order valence-corrected chi connectivity index (χ2v) is 5.39. The van der Waals surface area contributed by atoms with E-state index in [4.69, 9.17) is 4.74 Å². The summed E-state index contributed by atoms with van der Waals surface area (Å²) in [7, 11) is 1.59. The van der Waals surface area contributed by atoms with Gasteiger partial charge < -0.3 is 15.4 Å². The molecule has 2 aromatic carbocycles. The molecule has 0 heterocycles. The van der Waals surface area contributed by atoms with Crippen LogP contribution in [0.3, 0.4) is 0 Å². The van der Waals surface area contributed by atoms with Gasteiger partial charge in [-0.25, -0.2) is 8.78 Å². The van der Waals surface area contributed by atoms with Crippen LogP contribution in [0.1, 0.15) is 24.1 Å². The average Bonchev–Trinajstić information content (AvgIpc) is 2.58. The van der Waals surface area contributed by atoms with Crippen molar-refractivity contribution in [2.24, 2.45) is 0 Å². The normalized spacial score (nSPS) is 11.8. The van der Waals surface area contributed by atoms with Gasteiger partial charge in [0.2, 0.25) is 5.91 Å². The summed E-state index contributed by atoms with van der Waals surface area (Å²) >= 11 is 0. The number of hydrogen-bond acceptors (Lipinski definition) is 3. The average molecular weight is 334 g/mol. The molecule has 1 atom stereocenters. The zero-order valence-corrected chi connectivity index (χ0v) is 13.6. The first kappa shape index (κ1) is 17.9. The Morgan fingerprint density at radius 2 is 1.88 bits per heavy atom. The maximum Gasteiger partial charge on any atom is 0.234 e. The zero-order valence-electron chi connectivity index (χ0n) is 13.6. The summed E-state index contributed by atoms with van der Waals surface area (Å²) in [6.45, 7) is 2.14. The van der Waals surface area contributed by atoms with Gasteiger partial charge in [-0.3, -0.25) is 4.79 Å². The predicted octanol–water partition coefficient (Wildman–Crippen LogP) is 2.94. The SMILES string of the molecule is COc1ccc(CNC(=O)CNC(C)c2ccc(F)cc2F)cc1. The summed E-state index contributed by atoms with van der Waals surface area (Å²) in [6.07, 6.45) is 0. The molecule has 128 valence electrons. The van der Waals surface area contributed by atoms with Crippen LogP contribution in [0.2, 0.25) is 0 Å². The fourth-order valence-corrected chi connectivity index (χ4v) is 2.21. The molecule has 4 nitrogen and oxygen atoms in total. The molecular formula is C18H20F2N2O2. The Morgan fingerprint density at radius 1 is 1.17 bits per heavy atom. The number of amides is 1. The van der Waals surface area contributed by atoms with Gasteiger partial charge in [0.15, 0.2) is 0 Å². The van der Waals surface area contributed by atoms with E-state index in [0.29, 0.717) is 12.1 Å². The summed E-state index contributed by atoms with van der Waals surface area (Å²) in [5.74, 6) is -0.712. The van der Waals surface area contributed by atoms with Crippen LogP contribution in [0.25, 0.3) is 0 Å². The van der Waals surface area contributed by atoms with E-state index in [-0.39, 0.29) is 12.5 Å². The Hall–Kier alpha value is -2.47. The molecule has 1 amide bonds. The van der Waals surface area contributed by atoms with E-state index in [1.54, 1.807) is 14.0 Å². The van der Waals surface area contributed by atoms with Gasteiger partial charge in [-0.2, -0.15) is 0 Å². The molecule has 0 aliphatic rings. The lowest BCUT2D eigenvalue weighted by Crippen LogP contribution is -2.34. The zero-order chi connectivity index (χ0) is 17.5. The highest BCUT2D eigenvalue weighted by molar-refractivity contribution is 5.78. The van der Waals surface area contributed by atoms with E-state index in [1.165, 1.54) is 12.1 Å². The third kappa shape index (κ3) is 5.03. The first-order chi connectivity index (χ1) is 11.5. The molecule has 2 rings (SSSR count). The fourth-order valence-electron chi connectivity index (χ4n) is 2.21. The molecule has 1 unspecified atom stereocenters. The molecule has 24 heavy (non-hydrogen) atoms. The highest BCUT2D eigenvalue weighted by atomic mass is 19.1. The lowest BCUT2D eigenvalue weighted by molar-refractivity contribution is -0.120. The minimum Gasteiger partial charge on any atom is -0.497 e. The second-order valence-electron chi connectivity index (χ2n) is 5.39. The van der Waals surface area contributed by atoms with Crippen LogP contribution in [0.4, 0.5) is 8.78 Å². The quantitative estimate of drug-likeness (QED) is 0.818. The van der Waals surface area contributed by atoms with Gasteiger partial charge in [-0.05, 0) is 30.7 Å². The monoisotopic (exact) mass is 334 g/mol. The van der Waals surface area contributed by atoms with Crippen LogP contribution < -0.4 is 15.4 Å². The Balaban J connectivity index is 1.79. The molecule has 0 radical (unpaired) electrons.